The molecule has 0 atom stereocenters. The maximum atomic E-state index is 12.4. The molecule has 0 saturated carbocycles. The Morgan fingerprint density at radius 2 is 1.45 bits per heavy atom. The van der Waals surface area contributed by atoms with Gasteiger partial charge in [-0.15, -0.1) is 3.77 Å². The van der Waals surface area contributed by atoms with Crippen LogP contribution in [-0.4, -0.2) is 19.9 Å². The number of nitrogens with zero attached hydrogens (tertiary/aromatic N) is 1. The summed E-state index contributed by atoms with van der Waals surface area (Å²) in [5.74, 6) is 2.58. The zero-order valence-corrected chi connectivity index (χ0v) is 14.6. The van der Waals surface area contributed by atoms with Crippen molar-refractivity contribution in [1.82, 2.24) is 0 Å². The van der Waals surface area contributed by atoms with Crippen LogP contribution in [0.15, 0.2) is 32.9 Å². The maximum absolute atomic E-state index is 12.4. The van der Waals surface area contributed by atoms with Crippen LogP contribution >= 0.6 is 0 Å². The number of benzene rings is 1. The minimum Gasteiger partial charge on any atom is -0.199 e. The standard InChI is InChI=1S/C15H25NO2S2/c1-12(2)10-19(11-13(3)4)16-20(17,18)15-8-6-14(5)7-9-15/h6-9,12-13H,10-11H2,1-5H3. The van der Waals surface area contributed by atoms with Gasteiger partial charge in [0, 0.05) is 11.5 Å². The molecule has 1 aromatic rings. The van der Waals surface area contributed by atoms with E-state index in [0.717, 1.165) is 17.1 Å². The molecule has 3 nitrogen and oxygen atoms in total. The molecule has 0 aliphatic heterocycles. The predicted molar refractivity (Wildman–Crippen MR) is 87.6 cm³/mol. The van der Waals surface area contributed by atoms with Gasteiger partial charge in [0.2, 0.25) is 0 Å². The maximum Gasteiger partial charge on any atom is 0.287 e. The number of hydrogen-bond acceptors (Lipinski definition) is 2. The molecule has 0 aliphatic rings. The zero-order valence-electron chi connectivity index (χ0n) is 13.0. The molecule has 1 rings (SSSR count). The molecule has 0 aliphatic carbocycles. The van der Waals surface area contributed by atoms with Gasteiger partial charge in [0.05, 0.1) is 4.90 Å². The minimum absolute atomic E-state index is 0.299. The Labute approximate surface area is 126 Å². The molecular formula is C15H25NO2S2. The van der Waals surface area contributed by atoms with E-state index < -0.39 is 20.7 Å². The van der Waals surface area contributed by atoms with Crippen LogP contribution < -0.4 is 0 Å². The third-order valence-electron chi connectivity index (χ3n) is 2.57. The highest BCUT2D eigenvalue weighted by Crippen LogP contribution is 2.16. The van der Waals surface area contributed by atoms with Gasteiger partial charge in [-0.25, -0.2) is 0 Å². The van der Waals surface area contributed by atoms with E-state index in [1.807, 2.05) is 19.1 Å². The molecule has 0 saturated heterocycles. The number of aryl methyl sites for hydroxylation is 1. The lowest BCUT2D eigenvalue weighted by atomic mass is 10.2. The Hall–Kier alpha value is -0.680. The molecule has 114 valence electrons. The zero-order chi connectivity index (χ0) is 15.3. The molecule has 0 amide bonds. The fourth-order valence-electron chi connectivity index (χ4n) is 1.79. The van der Waals surface area contributed by atoms with Gasteiger partial charge in [-0.05, 0) is 30.9 Å². The Morgan fingerprint density at radius 1 is 1.00 bits per heavy atom. The highest BCUT2D eigenvalue weighted by Gasteiger charge is 2.15. The number of sulfonamides is 1. The van der Waals surface area contributed by atoms with Crippen molar-refractivity contribution in [3.8, 4) is 0 Å². The van der Waals surface area contributed by atoms with Crippen molar-refractivity contribution < 1.29 is 8.42 Å². The van der Waals surface area contributed by atoms with Gasteiger partial charge < -0.3 is 0 Å². The summed E-state index contributed by atoms with van der Waals surface area (Å²) in [6.45, 7) is 10.4. The number of rotatable bonds is 6. The van der Waals surface area contributed by atoms with Gasteiger partial charge in [0.25, 0.3) is 10.0 Å². The molecule has 0 bridgehead atoms. The quantitative estimate of drug-likeness (QED) is 0.801. The van der Waals surface area contributed by atoms with Crippen molar-refractivity contribution >= 4 is 20.7 Å². The number of hydrogen-bond donors (Lipinski definition) is 0. The van der Waals surface area contributed by atoms with Crippen LogP contribution in [0.1, 0.15) is 33.3 Å². The van der Waals surface area contributed by atoms with Gasteiger partial charge in [0.1, 0.15) is 0 Å². The first kappa shape index (κ1) is 17.4. The molecule has 0 aromatic heterocycles. The second-order valence-electron chi connectivity index (χ2n) is 5.95. The van der Waals surface area contributed by atoms with Gasteiger partial charge in [-0.3, -0.25) is 0 Å². The van der Waals surface area contributed by atoms with Crippen LogP contribution in [0.2, 0.25) is 0 Å². The lowest BCUT2D eigenvalue weighted by Gasteiger charge is -2.13. The Morgan fingerprint density at radius 3 is 1.85 bits per heavy atom. The first-order valence-corrected chi connectivity index (χ1v) is 9.89. The van der Waals surface area contributed by atoms with Gasteiger partial charge in [0.15, 0.2) is 0 Å². The summed E-state index contributed by atoms with van der Waals surface area (Å²) in [6, 6.07) is 6.90. The summed E-state index contributed by atoms with van der Waals surface area (Å²) in [5.41, 5.74) is 1.05. The molecule has 0 unspecified atom stereocenters. The normalized spacial score (nSPS) is 12.4. The fourth-order valence-corrected chi connectivity index (χ4v) is 5.89. The highest BCUT2D eigenvalue weighted by atomic mass is 32.3. The summed E-state index contributed by atoms with van der Waals surface area (Å²) in [6.07, 6.45) is 0. The van der Waals surface area contributed by atoms with E-state index in [2.05, 4.69) is 31.5 Å². The molecule has 0 fully saturated rings. The van der Waals surface area contributed by atoms with Crippen molar-refractivity contribution in [2.45, 2.75) is 39.5 Å². The topological polar surface area (TPSA) is 46.5 Å². The van der Waals surface area contributed by atoms with Crippen LogP contribution in [0.4, 0.5) is 0 Å². The van der Waals surface area contributed by atoms with E-state index >= 15 is 0 Å². The second kappa shape index (κ2) is 7.36. The van der Waals surface area contributed by atoms with Crippen LogP contribution in [0, 0.1) is 18.8 Å². The van der Waals surface area contributed by atoms with Crippen molar-refractivity contribution in [2.24, 2.45) is 15.6 Å². The smallest absolute Gasteiger partial charge is 0.199 e. The van der Waals surface area contributed by atoms with Crippen molar-refractivity contribution in [3.05, 3.63) is 29.8 Å². The molecule has 0 N–H and O–H groups in total. The largest absolute Gasteiger partial charge is 0.287 e. The van der Waals surface area contributed by atoms with E-state index in [-0.39, 0.29) is 0 Å². The highest BCUT2D eigenvalue weighted by molar-refractivity contribution is 8.00. The lowest BCUT2D eigenvalue weighted by Crippen LogP contribution is -2.14. The molecular weight excluding hydrogens is 290 g/mol. The molecule has 1 aromatic carbocycles. The summed E-state index contributed by atoms with van der Waals surface area (Å²) in [5, 5.41) is 0. The summed E-state index contributed by atoms with van der Waals surface area (Å²) in [7, 11) is -3.95. The average Bonchev–Trinajstić information content (AvgIpc) is 2.26. The molecule has 0 spiro atoms. The van der Waals surface area contributed by atoms with Gasteiger partial charge in [-0.1, -0.05) is 56.1 Å². The third-order valence-corrected chi connectivity index (χ3v) is 7.17. The monoisotopic (exact) mass is 315 g/mol. The van der Waals surface area contributed by atoms with Gasteiger partial charge in [-0.2, -0.15) is 8.42 Å². The lowest BCUT2D eigenvalue weighted by molar-refractivity contribution is 0.598. The summed E-state index contributed by atoms with van der Waals surface area (Å²) >= 11 is 0. The van der Waals surface area contributed by atoms with Gasteiger partial charge >= 0.3 is 0 Å². The van der Waals surface area contributed by atoms with Crippen LogP contribution in [0.25, 0.3) is 0 Å². The van der Waals surface area contributed by atoms with Crippen LogP contribution in [0.5, 0.6) is 0 Å². The first-order chi connectivity index (χ1) is 9.20. The molecule has 5 heteroatoms. The Balaban J connectivity index is 3.09. The van der Waals surface area contributed by atoms with E-state index in [1.165, 1.54) is 0 Å². The van der Waals surface area contributed by atoms with E-state index in [9.17, 15) is 8.42 Å². The third kappa shape index (κ3) is 5.75. The summed E-state index contributed by atoms with van der Waals surface area (Å²) < 4.78 is 28.9. The Bertz CT molecular complexity index is 546. The second-order valence-corrected chi connectivity index (χ2v) is 9.56. The molecule has 20 heavy (non-hydrogen) atoms. The predicted octanol–water partition coefficient (Wildman–Crippen LogP) is 3.80. The fraction of sp³-hybridized carbons (Fsp3) is 0.600. The van der Waals surface area contributed by atoms with Crippen molar-refractivity contribution in [3.63, 3.8) is 0 Å². The summed E-state index contributed by atoms with van der Waals surface area (Å²) in [4.78, 5) is 0.299. The van der Waals surface area contributed by atoms with Crippen molar-refractivity contribution in [2.75, 3.05) is 11.5 Å². The average molecular weight is 316 g/mol. The van der Waals surface area contributed by atoms with E-state index in [0.29, 0.717) is 16.7 Å². The van der Waals surface area contributed by atoms with E-state index in [4.69, 9.17) is 0 Å². The molecule has 0 radical (unpaired) electrons. The van der Waals surface area contributed by atoms with E-state index in [1.54, 1.807) is 12.1 Å². The van der Waals surface area contributed by atoms with Crippen LogP contribution in [-0.2, 0) is 20.7 Å². The SMILES string of the molecule is Cc1ccc(S(=O)(=O)N=S(CC(C)C)CC(C)C)cc1. The Kier molecular flexibility index (Phi) is 6.40. The van der Waals surface area contributed by atoms with Crippen LogP contribution in [0.3, 0.4) is 0 Å². The minimum atomic E-state index is -3.53. The molecule has 0 heterocycles. The van der Waals surface area contributed by atoms with Crippen molar-refractivity contribution in [1.29, 1.82) is 0 Å². The first-order valence-electron chi connectivity index (χ1n) is 6.93.